The van der Waals surface area contributed by atoms with Gasteiger partial charge in [0.25, 0.3) is 5.91 Å². The van der Waals surface area contributed by atoms with E-state index in [2.05, 4.69) is 11.4 Å². The van der Waals surface area contributed by atoms with E-state index in [9.17, 15) is 19.6 Å². The number of fused-ring (bicyclic) bond motifs is 2. The second kappa shape index (κ2) is 8.00. The van der Waals surface area contributed by atoms with Crippen LogP contribution >= 0.6 is 23.1 Å². The molecule has 0 aromatic carbocycles. The first-order valence-corrected chi connectivity index (χ1v) is 11.7. The maximum absolute atomic E-state index is 12.5. The Labute approximate surface area is 177 Å². The summed E-state index contributed by atoms with van der Waals surface area (Å²) in [4.78, 5) is 39.4. The van der Waals surface area contributed by atoms with Crippen LogP contribution in [0, 0.1) is 11.3 Å². The van der Waals surface area contributed by atoms with E-state index in [0.717, 1.165) is 44.1 Å². The first-order chi connectivity index (χ1) is 13.9. The molecule has 0 unspecified atom stereocenters. The fourth-order valence-corrected chi connectivity index (χ4v) is 7.01. The van der Waals surface area contributed by atoms with Gasteiger partial charge in [0.05, 0.1) is 10.4 Å². The van der Waals surface area contributed by atoms with Crippen molar-refractivity contribution >= 4 is 45.9 Å². The van der Waals surface area contributed by atoms with Gasteiger partial charge in [-0.15, -0.1) is 23.1 Å². The molecule has 2 fully saturated rings. The molecule has 29 heavy (non-hydrogen) atoms. The van der Waals surface area contributed by atoms with E-state index >= 15 is 0 Å². The quantitative estimate of drug-likeness (QED) is 0.579. The van der Waals surface area contributed by atoms with Gasteiger partial charge < -0.3 is 15.0 Å². The van der Waals surface area contributed by atoms with E-state index in [1.54, 1.807) is 16.7 Å². The Balaban J connectivity index is 1.37. The van der Waals surface area contributed by atoms with Crippen LogP contribution in [0.4, 0.5) is 5.00 Å². The summed E-state index contributed by atoms with van der Waals surface area (Å²) in [6, 6.07) is 1.58. The third-order valence-electron chi connectivity index (χ3n) is 5.85. The molecule has 2 saturated heterocycles. The molecule has 1 aliphatic carbocycles. The summed E-state index contributed by atoms with van der Waals surface area (Å²) >= 11 is 3.03. The number of nitrogens with zero attached hydrogens (tertiary/aromatic N) is 2. The standard InChI is InChI=1S/C20H23N3O4S2/c1-20-8-7-17(25)23(20)14(11-28-20)19(26)27-10-16(24)22-18-13(9-21)12-5-3-2-4-6-15(12)29-18/h14H,2-8,10-11H2,1H3,(H,22,24)/t14-,20-/m1/s1. The highest BCUT2D eigenvalue weighted by molar-refractivity contribution is 8.01. The van der Waals surface area contributed by atoms with Gasteiger partial charge in [-0.1, -0.05) is 6.42 Å². The molecule has 3 aliphatic rings. The number of thioether (sulfide) groups is 1. The van der Waals surface area contributed by atoms with Crippen LogP contribution in [0.5, 0.6) is 0 Å². The van der Waals surface area contributed by atoms with Crippen LogP contribution in [0.2, 0.25) is 0 Å². The molecule has 2 aliphatic heterocycles. The van der Waals surface area contributed by atoms with Gasteiger partial charge in [0, 0.05) is 17.1 Å². The molecule has 4 rings (SSSR count). The molecule has 1 aromatic heterocycles. The predicted octanol–water partition coefficient (Wildman–Crippen LogP) is 2.82. The number of carbonyl (C=O) groups excluding carboxylic acids is 3. The van der Waals surface area contributed by atoms with Crippen molar-refractivity contribution in [2.75, 3.05) is 17.7 Å². The average Bonchev–Trinajstić information content (AvgIpc) is 3.24. The van der Waals surface area contributed by atoms with Gasteiger partial charge in [0.2, 0.25) is 5.91 Å². The lowest BCUT2D eigenvalue weighted by Gasteiger charge is -2.29. The maximum Gasteiger partial charge on any atom is 0.330 e. The number of hydrogen-bond donors (Lipinski definition) is 1. The SMILES string of the molecule is C[C@@]12CCC(=O)N1[C@@H](C(=O)OCC(=O)Nc1sc3c(c1C#N)CCCCC3)CS2. The van der Waals surface area contributed by atoms with Crippen molar-refractivity contribution in [2.45, 2.75) is 62.8 Å². The third kappa shape index (κ3) is 3.76. The van der Waals surface area contributed by atoms with Crippen molar-refractivity contribution in [1.29, 1.82) is 5.26 Å². The lowest BCUT2D eigenvalue weighted by molar-refractivity contribution is -0.155. The fourth-order valence-electron chi connectivity index (χ4n) is 4.34. The summed E-state index contributed by atoms with van der Waals surface area (Å²) in [5, 5.41) is 12.8. The van der Waals surface area contributed by atoms with E-state index in [4.69, 9.17) is 4.74 Å². The number of esters is 1. The van der Waals surface area contributed by atoms with Crippen molar-refractivity contribution in [3.05, 3.63) is 16.0 Å². The highest BCUT2D eigenvalue weighted by Gasteiger charge is 2.53. The zero-order valence-corrected chi connectivity index (χ0v) is 17.9. The van der Waals surface area contributed by atoms with Crippen LogP contribution in [-0.2, 0) is 32.0 Å². The van der Waals surface area contributed by atoms with Gasteiger partial charge >= 0.3 is 5.97 Å². The minimum Gasteiger partial charge on any atom is -0.454 e. The molecule has 2 atom stereocenters. The summed E-state index contributed by atoms with van der Waals surface area (Å²) in [7, 11) is 0. The Kier molecular flexibility index (Phi) is 5.58. The van der Waals surface area contributed by atoms with Gasteiger partial charge in [-0.05, 0) is 44.6 Å². The first-order valence-electron chi connectivity index (χ1n) is 9.90. The molecule has 1 N–H and O–H groups in total. The average molecular weight is 434 g/mol. The number of rotatable bonds is 4. The second-order valence-corrected chi connectivity index (χ2v) is 10.4. The van der Waals surface area contributed by atoms with Crippen LogP contribution in [0.3, 0.4) is 0 Å². The number of aryl methyl sites for hydroxylation is 1. The van der Waals surface area contributed by atoms with Gasteiger partial charge in [0.1, 0.15) is 17.1 Å². The van der Waals surface area contributed by atoms with Crippen LogP contribution < -0.4 is 5.32 Å². The van der Waals surface area contributed by atoms with E-state index in [1.165, 1.54) is 16.2 Å². The van der Waals surface area contributed by atoms with Gasteiger partial charge in [-0.25, -0.2) is 4.79 Å². The van der Waals surface area contributed by atoms with Crippen molar-refractivity contribution in [3.8, 4) is 6.07 Å². The van der Waals surface area contributed by atoms with Crippen molar-refractivity contribution < 1.29 is 19.1 Å². The highest BCUT2D eigenvalue weighted by atomic mass is 32.2. The number of amides is 2. The van der Waals surface area contributed by atoms with Crippen molar-refractivity contribution in [3.63, 3.8) is 0 Å². The van der Waals surface area contributed by atoms with Crippen molar-refractivity contribution in [2.24, 2.45) is 0 Å². The molecule has 0 bridgehead atoms. The summed E-state index contributed by atoms with van der Waals surface area (Å²) in [6.45, 7) is 1.54. The third-order valence-corrected chi connectivity index (χ3v) is 8.56. The largest absolute Gasteiger partial charge is 0.454 e. The van der Waals surface area contributed by atoms with Gasteiger partial charge in [-0.2, -0.15) is 5.26 Å². The summed E-state index contributed by atoms with van der Waals surface area (Å²) < 4.78 is 5.22. The number of anilines is 1. The molecular weight excluding hydrogens is 410 g/mol. The molecule has 7 nitrogen and oxygen atoms in total. The minimum atomic E-state index is -0.639. The Morgan fingerprint density at radius 1 is 1.31 bits per heavy atom. The van der Waals surface area contributed by atoms with Crippen LogP contribution in [0.25, 0.3) is 0 Å². The summed E-state index contributed by atoms with van der Waals surface area (Å²) in [5.41, 5.74) is 1.59. The number of carbonyl (C=O) groups is 3. The highest BCUT2D eigenvalue weighted by Crippen LogP contribution is 2.47. The van der Waals surface area contributed by atoms with Crippen LogP contribution in [0.15, 0.2) is 0 Å². The van der Waals surface area contributed by atoms with E-state index in [0.29, 0.717) is 22.7 Å². The monoisotopic (exact) mass is 433 g/mol. The van der Waals surface area contributed by atoms with E-state index < -0.39 is 24.5 Å². The smallest absolute Gasteiger partial charge is 0.330 e. The Bertz CT molecular complexity index is 906. The van der Waals surface area contributed by atoms with Gasteiger partial charge in [-0.3, -0.25) is 9.59 Å². The molecule has 9 heteroatoms. The lowest BCUT2D eigenvalue weighted by Crippen LogP contribution is -2.47. The zero-order valence-electron chi connectivity index (χ0n) is 16.3. The topological polar surface area (TPSA) is 99.5 Å². The lowest BCUT2D eigenvalue weighted by atomic mass is 10.1. The second-order valence-electron chi connectivity index (χ2n) is 7.80. The molecule has 154 valence electrons. The number of nitrogens with one attached hydrogen (secondary N) is 1. The molecule has 0 radical (unpaired) electrons. The Morgan fingerprint density at radius 2 is 2.10 bits per heavy atom. The summed E-state index contributed by atoms with van der Waals surface area (Å²) in [5.74, 6) is -0.567. The molecule has 1 aromatic rings. The Morgan fingerprint density at radius 3 is 2.90 bits per heavy atom. The molecule has 3 heterocycles. The van der Waals surface area contributed by atoms with Crippen LogP contribution in [-0.4, -0.2) is 46.0 Å². The molecule has 2 amide bonds. The molecule has 0 saturated carbocycles. The maximum atomic E-state index is 12.5. The number of nitriles is 1. The number of hydrogen-bond acceptors (Lipinski definition) is 7. The number of thiophene rings is 1. The molecular formula is C20H23N3O4S2. The normalized spacial score (nSPS) is 25.7. The minimum absolute atomic E-state index is 0.0392. The fraction of sp³-hybridized carbons (Fsp3) is 0.600. The van der Waals surface area contributed by atoms with E-state index in [-0.39, 0.29) is 10.8 Å². The summed E-state index contributed by atoms with van der Waals surface area (Å²) in [6.07, 6.45) is 6.26. The zero-order chi connectivity index (χ0) is 20.6. The van der Waals surface area contributed by atoms with Crippen molar-refractivity contribution in [1.82, 2.24) is 4.90 Å². The number of ether oxygens (including phenoxy) is 1. The molecule has 0 spiro atoms. The first kappa shape index (κ1) is 20.2. The van der Waals surface area contributed by atoms with Gasteiger partial charge in [0.15, 0.2) is 6.61 Å². The predicted molar refractivity (Wildman–Crippen MR) is 111 cm³/mol. The van der Waals surface area contributed by atoms with Crippen LogP contribution in [0.1, 0.15) is 55.0 Å². The Hall–Kier alpha value is -2.05. The van der Waals surface area contributed by atoms with E-state index in [1.807, 2.05) is 6.92 Å².